The van der Waals surface area contributed by atoms with Crippen molar-refractivity contribution in [1.82, 2.24) is 9.88 Å². The number of urea groups is 1. The number of carbonyl (C=O) groups excluding carboxylic acids is 2. The third kappa shape index (κ3) is 6.26. The van der Waals surface area contributed by atoms with E-state index in [9.17, 15) is 14.9 Å². The van der Waals surface area contributed by atoms with Crippen molar-refractivity contribution >= 4 is 29.4 Å². The molecule has 2 amide bonds. The van der Waals surface area contributed by atoms with Crippen LogP contribution in [-0.4, -0.2) is 46.8 Å². The maximum absolute atomic E-state index is 12.4. The van der Waals surface area contributed by atoms with Gasteiger partial charge in [0.25, 0.3) is 0 Å². The van der Waals surface area contributed by atoms with Gasteiger partial charge in [-0.1, -0.05) is 36.4 Å². The van der Waals surface area contributed by atoms with E-state index in [1.165, 1.54) is 23.7 Å². The van der Waals surface area contributed by atoms with Gasteiger partial charge in [-0.3, -0.25) is 4.79 Å². The molecule has 0 bridgehead atoms. The number of amides is 2. The Bertz CT molecular complexity index is 1030. The van der Waals surface area contributed by atoms with Crippen molar-refractivity contribution in [1.29, 1.82) is 5.26 Å². The van der Waals surface area contributed by atoms with Gasteiger partial charge in [-0.15, -0.1) is 0 Å². The first-order chi connectivity index (χ1) is 16.1. The van der Waals surface area contributed by atoms with E-state index in [4.69, 9.17) is 9.72 Å². The summed E-state index contributed by atoms with van der Waals surface area (Å²) in [4.78, 5) is 31.3. The zero-order chi connectivity index (χ0) is 23.0. The highest BCUT2D eigenvalue weighted by Gasteiger charge is 2.25. The Labute approximate surface area is 198 Å². The average molecular weight is 465 g/mol. The van der Waals surface area contributed by atoms with Crippen LogP contribution in [0.5, 0.6) is 0 Å². The molecule has 0 radical (unpaired) electrons. The van der Waals surface area contributed by atoms with E-state index in [0.29, 0.717) is 36.5 Å². The van der Waals surface area contributed by atoms with Gasteiger partial charge in [0.15, 0.2) is 0 Å². The van der Waals surface area contributed by atoms with E-state index in [-0.39, 0.29) is 23.9 Å². The molecule has 8 heteroatoms. The number of nitriles is 1. The molecule has 33 heavy (non-hydrogen) atoms. The minimum atomic E-state index is -0.312. The smallest absolute Gasteiger partial charge is 0.321 e. The Kier molecular flexibility index (Phi) is 7.84. The molecule has 172 valence electrons. The molecule has 0 atom stereocenters. The molecular formula is C25H28N4O3S. The lowest BCUT2D eigenvalue weighted by molar-refractivity contribution is -0.147. The highest BCUT2D eigenvalue weighted by atomic mass is 32.2. The number of piperidine rings is 1. The summed E-state index contributed by atoms with van der Waals surface area (Å²) < 4.78 is 5.64. The molecule has 0 spiro atoms. The maximum Gasteiger partial charge on any atom is 0.321 e. The number of aromatic nitrogens is 1. The molecule has 1 aromatic carbocycles. The molecule has 0 unspecified atom stereocenters. The molecule has 1 aromatic heterocycles. The number of hydrogen-bond acceptors (Lipinski definition) is 6. The van der Waals surface area contributed by atoms with Gasteiger partial charge in [0.05, 0.1) is 11.3 Å². The monoisotopic (exact) mass is 464 g/mol. The minimum Gasteiger partial charge on any atom is -0.462 e. The number of nitrogens with one attached hydrogen (secondary N) is 1. The van der Waals surface area contributed by atoms with Gasteiger partial charge < -0.3 is 15.0 Å². The van der Waals surface area contributed by atoms with Gasteiger partial charge in [-0.05, 0) is 49.4 Å². The summed E-state index contributed by atoms with van der Waals surface area (Å²) in [6.07, 6.45) is 6.33. The summed E-state index contributed by atoms with van der Waals surface area (Å²) in [5, 5.41) is 13.0. The number of para-hydroxylation sites is 1. The molecule has 1 fully saturated rings. The van der Waals surface area contributed by atoms with E-state index < -0.39 is 0 Å². The van der Waals surface area contributed by atoms with E-state index >= 15 is 0 Å². The summed E-state index contributed by atoms with van der Waals surface area (Å²) in [5.41, 5.74) is 3.52. The molecule has 1 aliphatic heterocycles. The second-order valence-corrected chi connectivity index (χ2v) is 9.34. The fourth-order valence-electron chi connectivity index (χ4n) is 4.23. The van der Waals surface area contributed by atoms with Crippen LogP contribution in [0.3, 0.4) is 0 Å². The summed E-state index contributed by atoms with van der Waals surface area (Å²) in [6.45, 7) is 1.07. The third-order valence-corrected chi connectivity index (χ3v) is 6.98. The predicted octanol–water partition coefficient (Wildman–Crippen LogP) is 4.55. The van der Waals surface area contributed by atoms with Crippen molar-refractivity contribution in [3.05, 3.63) is 53.2 Å². The number of esters is 1. The van der Waals surface area contributed by atoms with E-state index in [1.54, 1.807) is 4.90 Å². The fourth-order valence-corrected chi connectivity index (χ4v) is 4.99. The number of ether oxygens (including phenoxy) is 1. The van der Waals surface area contributed by atoms with E-state index in [0.717, 1.165) is 37.1 Å². The van der Waals surface area contributed by atoms with Gasteiger partial charge in [-0.25, -0.2) is 9.78 Å². The number of anilines is 1. The lowest BCUT2D eigenvalue weighted by Crippen LogP contribution is -2.43. The van der Waals surface area contributed by atoms with Crippen molar-refractivity contribution in [3.8, 4) is 6.07 Å². The number of carbonyl (C=O) groups is 2. The van der Waals surface area contributed by atoms with Gasteiger partial charge in [-0.2, -0.15) is 5.26 Å². The Balaban J connectivity index is 1.24. The molecular weight excluding hydrogens is 436 g/mol. The predicted molar refractivity (Wildman–Crippen MR) is 127 cm³/mol. The van der Waals surface area contributed by atoms with Crippen LogP contribution in [0.4, 0.5) is 10.5 Å². The van der Waals surface area contributed by atoms with Crippen LogP contribution < -0.4 is 5.32 Å². The lowest BCUT2D eigenvalue weighted by Gasteiger charge is -2.31. The quantitative estimate of drug-likeness (QED) is 0.396. The van der Waals surface area contributed by atoms with Crippen LogP contribution >= 0.6 is 11.8 Å². The Morgan fingerprint density at radius 2 is 1.91 bits per heavy atom. The van der Waals surface area contributed by atoms with E-state index in [1.807, 2.05) is 36.4 Å². The van der Waals surface area contributed by atoms with Crippen molar-refractivity contribution in [2.24, 2.45) is 0 Å². The molecule has 4 rings (SSSR count). The molecule has 1 saturated heterocycles. The van der Waals surface area contributed by atoms with Crippen LogP contribution in [0.1, 0.15) is 48.9 Å². The Morgan fingerprint density at radius 3 is 2.67 bits per heavy atom. The fraction of sp³-hybridized carbons (Fsp3) is 0.440. The van der Waals surface area contributed by atoms with Crippen molar-refractivity contribution in [2.75, 3.05) is 24.2 Å². The standard InChI is InChI=1S/C25H28N4O3S/c26-16-19-15-18-7-3-1-6-10-22(18)28-24(19)33-17-23(30)32-21-11-13-29(14-12-21)25(31)27-20-8-4-2-5-9-20/h2,4-5,8-9,15,21H,1,3,6-7,10-14,17H2,(H,27,31). The van der Waals surface area contributed by atoms with Crippen LogP contribution in [0.25, 0.3) is 0 Å². The molecule has 0 saturated carbocycles. The SMILES string of the molecule is N#Cc1cc2c(nc1SCC(=O)OC1CCN(C(=O)Nc3ccccc3)CC1)CCCCC2. The van der Waals surface area contributed by atoms with Gasteiger partial charge >= 0.3 is 12.0 Å². The highest BCUT2D eigenvalue weighted by Crippen LogP contribution is 2.27. The first-order valence-electron chi connectivity index (χ1n) is 11.5. The first-order valence-corrected chi connectivity index (χ1v) is 12.5. The van der Waals surface area contributed by atoms with Gasteiger partial charge in [0, 0.05) is 37.3 Å². The molecule has 7 nitrogen and oxygen atoms in total. The summed E-state index contributed by atoms with van der Waals surface area (Å²) in [5.74, 6) is -0.192. The normalized spacial score (nSPS) is 16.3. The first kappa shape index (κ1) is 23.1. The van der Waals surface area contributed by atoms with Crippen LogP contribution in [0.2, 0.25) is 0 Å². The van der Waals surface area contributed by atoms with Crippen molar-refractivity contribution in [2.45, 2.75) is 56.1 Å². The zero-order valence-corrected chi connectivity index (χ0v) is 19.4. The number of aryl methyl sites for hydroxylation is 2. The maximum atomic E-state index is 12.4. The second-order valence-electron chi connectivity index (χ2n) is 8.38. The van der Waals surface area contributed by atoms with Crippen LogP contribution in [0, 0.1) is 11.3 Å². The van der Waals surface area contributed by atoms with Crippen LogP contribution in [0.15, 0.2) is 41.4 Å². The topological polar surface area (TPSA) is 95.3 Å². The lowest BCUT2D eigenvalue weighted by atomic mass is 10.1. The Morgan fingerprint density at radius 1 is 1.15 bits per heavy atom. The molecule has 2 heterocycles. The third-order valence-electron chi connectivity index (χ3n) is 6.02. The molecule has 1 aliphatic carbocycles. The zero-order valence-electron chi connectivity index (χ0n) is 18.6. The van der Waals surface area contributed by atoms with Crippen molar-refractivity contribution in [3.63, 3.8) is 0 Å². The number of thioether (sulfide) groups is 1. The van der Waals surface area contributed by atoms with E-state index in [2.05, 4.69) is 11.4 Å². The van der Waals surface area contributed by atoms with Crippen LogP contribution in [-0.2, 0) is 22.4 Å². The minimum absolute atomic E-state index is 0.120. The number of rotatable bonds is 5. The number of fused-ring (bicyclic) bond motifs is 1. The number of pyridine rings is 1. The Hall–Kier alpha value is -3.05. The molecule has 1 N–H and O–H groups in total. The molecule has 2 aliphatic rings. The van der Waals surface area contributed by atoms with Gasteiger partial charge in [0.1, 0.15) is 17.2 Å². The average Bonchev–Trinajstić information content (AvgIpc) is 3.08. The highest BCUT2D eigenvalue weighted by molar-refractivity contribution is 7.99. The summed E-state index contributed by atoms with van der Waals surface area (Å²) >= 11 is 1.27. The number of benzene rings is 1. The second kappa shape index (κ2) is 11.2. The largest absolute Gasteiger partial charge is 0.462 e. The van der Waals surface area contributed by atoms with Crippen molar-refractivity contribution < 1.29 is 14.3 Å². The number of hydrogen-bond donors (Lipinski definition) is 1. The summed E-state index contributed by atoms with van der Waals surface area (Å²) in [7, 11) is 0. The number of likely N-dealkylation sites (tertiary alicyclic amines) is 1. The number of nitrogens with zero attached hydrogens (tertiary/aromatic N) is 3. The molecule has 2 aromatic rings. The van der Waals surface area contributed by atoms with Gasteiger partial charge in [0.2, 0.25) is 0 Å². The summed E-state index contributed by atoms with van der Waals surface area (Å²) in [6, 6.07) is 13.4.